The highest BCUT2D eigenvalue weighted by atomic mass is 32.2. The summed E-state index contributed by atoms with van der Waals surface area (Å²) in [6, 6.07) is 14.8. The fraction of sp³-hybridized carbons (Fsp3) is 0.174. The fourth-order valence-corrected chi connectivity index (χ4v) is 5.05. The molecule has 0 atom stereocenters. The third-order valence-electron chi connectivity index (χ3n) is 4.75. The highest BCUT2D eigenvalue weighted by molar-refractivity contribution is 7.92. The van der Waals surface area contributed by atoms with Crippen molar-refractivity contribution in [2.45, 2.75) is 11.4 Å². The first-order valence-electron chi connectivity index (χ1n) is 9.91. The van der Waals surface area contributed by atoms with Gasteiger partial charge in [-0.3, -0.25) is 9.52 Å². The zero-order valence-corrected chi connectivity index (χ0v) is 18.8. The molecule has 2 heterocycles. The minimum atomic E-state index is -3.89. The van der Waals surface area contributed by atoms with E-state index in [1.54, 1.807) is 46.6 Å². The summed E-state index contributed by atoms with van der Waals surface area (Å²) < 4.78 is 39.3. The predicted octanol–water partition coefficient (Wildman–Crippen LogP) is 4.15. The first-order chi connectivity index (χ1) is 15.5. The number of anilines is 1. The van der Waals surface area contributed by atoms with E-state index in [9.17, 15) is 13.2 Å². The van der Waals surface area contributed by atoms with Crippen molar-refractivity contribution in [2.24, 2.45) is 0 Å². The van der Waals surface area contributed by atoms with Crippen molar-refractivity contribution in [3.05, 3.63) is 83.1 Å². The second-order valence-electron chi connectivity index (χ2n) is 7.05. The lowest BCUT2D eigenvalue weighted by Gasteiger charge is -2.21. The number of rotatable bonds is 8. The van der Waals surface area contributed by atoms with E-state index in [0.29, 0.717) is 49.1 Å². The zero-order chi connectivity index (χ0) is 22.6. The van der Waals surface area contributed by atoms with Crippen LogP contribution in [-0.2, 0) is 16.6 Å². The molecule has 1 aliphatic rings. The van der Waals surface area contributed by atoms with Gasteiger partial charge in [0.2, 0.25) is 0 Å². The van der Waals surface area contributed by atoms with Gasteiger partial charge in [-0.2, -0.15) is 0 Å². The van der Waals surface area contributed by atoms with Crippen LogP contribution in [-0.4, -0.2) is 39.0 Å². The Balaban J connectivity index is 1.54. The molecule has 0 saturated carbocycles. The average Bonchev–Trinajstić information content (AvgIpc) is 3.31. The number of sulfonamides is 1. The molecule has 9 heteroatoms. The maximum Gasteiger partial charge on any atom is 0.262 e. The molecule has 0 saturated heterocycles. The molecule has 0 spiro atoms. The van der Waals surface area contributed by atoms with Gasteiger partial charge in [0, 0.05) is 28.7 Å². The van der Waals surface area contributed by atoms with Gasteiger partial charge < -0.3 is 14.4 Å². The number of carbonyl (C=O) groups is 1. The lowest BCUT2D eigenvalue weighted by molar-refractivity contribution is 0.0764. The molecule has 166 valence electrons. The monoisotopic (exact) mass is 470 g/mol. The summed E-state index contributed by atoms with van der Waals surface area (Å²) in [5.74, 6) is 0.686. The van der Waals surface area contributed by atoms with E-state index in [0.717, 1.165) is 4.88 Å². The van der Waals surface area contributed by atoms with Crippen LogP contribution < -0.4 is 14.2 Å². The molecule has 4 rings (SSSR count). The van der Waals surface area contributed by atoms with Crippen LogP contribution in [0.25, 0.3) is 0 Å². The van der Waals surface area contributed by atoms with E-state index in [1.807, 2.05) is 17.5 Å². The van der Waals surface area contributed by atoms with Crippen LogP contribution in [0.4, 0.5) is 5.69 Å². The van der Waals surface area contributed by atoms with Crippen molar-refractivity contribution in [2.75, 3.05) is 24.5 Å². The number of ether oxygens (including phenoxy) is 2. The first kappa shape index (κ1) is 21.9. The molecule has 0 fully saturated rings. The number of nitrogens with one attached hydrogen (secondary N) is 1. The summed E-state index contributed by atoms with van der Waals surface area (Å²) in [6.45, 7) is 5.35. The first-order valence-corrected chi connectivity index (χ1v) is 12.3. The molecule has 1 amide bonds. The summed E-state index contributed by atoms with van der Waals surface area (Å²) in [6.07, 6.45) is 1.67. The Labute approximate surface area is 191 Å². The van der Waals surface area contributed by atoms with E-state index in [-0.39, 0.29) is 10.8 Å². The Kier molecular flexibility index (Phi) is 6.48. The van der Waals surface area contributed by atoms with Gasteiger partial charge in [0.1, 0.15) is 13.2 Å². The lowest BCUT2D eigenvalue weighted by Crippen LogP contribution is -2.30. The highest BCUT2D eigenvalue weighted by Gasteiger charge is 2.21. The molecule has 0 radical (unpaired) electrons. The van der Waals surface area contributed by atoms with Gasteiger partial charge in [0.15, 0.2) is 11.5 Å². The van der Waals surface area contributed by atoms with Crippen LogP contribution >= 0.6 is 11.3 Å². The van der Waals surface area contributed by atoms with E-state index in [1.165, 1.54) is 18.2 Å². The molecule has 7 nitrogen and oxygen atoms in total. The van der Waals surface area contributed by atoms with Gasteiger partial charge in [-0.15, -0.1) is 17.9 Å². The number of amides is 1. The van der Waals surface area contributed by atoms with Crippen molar-refractivity contribution >= 4 is 33.0 Å². The molecular formula is C23H22N2O5S2. The van der Waals surface area contributed by atoms with Crippen LogP contribution in [0.15, 0.2) is 77.5 Å². The second kappa shape index (κ2) is 9.46. The summed E-state index contributed by atoms with van der Waals surface area (Å²) in [4.78, 5) is 15.8. The van der Waals surface area contributed by atoms with Crippen molar-refractivity contribution in [3.63, 3.8) is 0 Å². The van der Waals surface area contributed by atoms with E-state index >= 15 is 0 Å². The lowest BCUT2D eigenvalue weighted by atomic mass is 10.1. The smallest absolute Gasteiger partial charge is 0.262 e. The zero-order valence-electron chi connectivity index (χ0n) is 17.2. The minimum absolute atomic E-state index is 0.0458. The summed E-state index contributed by atoms with van der Waals surface area (Å²) in [5, 5.41) is 1.96. The van der Waals surface area contributed by atoms with Gasteiger partial charge in [0.05, 0.1) is 11.4 Å². The van der Waals surface area contributed by atoms with Crippen molar-refractivity contribution < 1.29 is 22.7 Å². The Bertz CT molecular complexity index is 1220. The number of hydrogen-bond donors (Lipinski definition) is 1. The topological polar surface area (TPSA) is 84.9 Å². The largest absolute Gasteiger partial charge is 0.486 e. The Morgan fingerprint density at radius 2 is 1.91 bits per heavy atom. The number of benzene rings is 2. The minimum Gasteiger partial charge on any atom is -0.486 e. The predicted molar refractivity (Wildman–Crippen MR) is 124 cm³/mol. The Hall–Kier alpha value is -3.30. The van der Waals surface area contributed by atoms with Crippen molar-refractivity contribution in [1.29, 1.82) is 0 Å². The van der Waals surface area contributed by atoms with Crippen LogP contribution in [0.5, 0.6) is 11.5 Å². The summed E-state index contributed by atoms with van der Waals surface area (Å²) in [7, 11) is -3.89. The number of hydrogen-bond acceptors (Lipinski definition) is 6. The number of thiophene rings is 1. The standard InChI is InChI=1S/C23H22N2O5S2/c1-2-10-25(16-19-7-4-13-31-19)23(26)17-5-3-6-18(14-17)24-32(27,28)20-8-9-21-22(15-20)30-12-11-29-21/h2-9,13-15,24H,1,10-12,16H2. The molecule has 2 aromatic carbocycles. The molecule has 0 bridgehead atoms. The van der Waals surface area contributed by atoms with E-state index in [2.05, 4.69) is 11.3 Å². The van der Waals surface area contributed by atoms with Crippen LogP contribution in [0, 0.1) is 0 Å². The van der Waals surface area contributed by atoms with Gasteiger partial charge in [-0.25, -0.2) is 8.42 Å². The normalized spacial score (nSPS) is 12.8. The van der Waals surface area contributed by atoms with E-state index in [4.69, 9.17) is 9.47 Å². The van der Waals surface area contributed by atoms with Gasteiger partial charge in [0.25, 0.3) is 15.9 Å². The third kappa shape index (κ3) is 4.95. The highest BCUT2D eigenvalue weighted by Crippen LogP contribution is 2.32. The summed E-state index contributed by atoms with van der Waals surface area (Å²) >= 11 is 1.57. The maximum atomic E-state index is 13.1. The molecule has 3 aromatic rings. The SMILES string of the molecule is C=CCN(Cc1cccs1)C(=O)c1cccc(NS(=O)(=O)c2ccc3c(c2)OCCO3)c1. The number of carbonyl (C=O) groups excluding carboxylic acids is 1. The van der Waals surface area contributed by atoms with Gasteiger partial charge in [-0.1, -0.05) is 18.2 Å². The number of fused-ring (bicyclic) bond motifs is 1. The molecular weight excluding hydrogens is 448 g/mol. The summed E-state index contributed by atoms with van der Waals surface area (Å²) in [5.41, 5.74) is 0.672. The van der Waals surface area contributed by atoms with Crippen molar-refractivity contribution in [1.82, 2.24) is 4.90 Å². The Morgan fingerprint density at radius 3 is 2.66 bits per heavy atom. The van der Waals surface area contributed by atoms with Crippen LogP contribution in [0.3, 0.4) is 0 Å². The second-order valence-corrected chi connectivity index (χ2v) is 9.76. The fourth-order valence-electron chi connectivity index (χ4n) is 3.27. The average molecular weight is 471 g/mol. The van der Waals surface area contributed by atoms with Crippen LogP contribution in [0.1, 0.15) is 15.2 Å². The van der Waals surface area contributed by atoms with Crippen molar-refractivity contribution in [3.8, 4) is 11.5 Å². The quantitative estimate of drug-likeness (QED) is 0.500. The molecule has 1 N–H and O–H groups in total. The maximum absolute atomic E-state index is 13.1. The molecule has 0 unspecified atom stereocenters. The van der Waals surface area contributed by atoms with E-state index < -0.39 is 10.0 Å². The van der Waals surface area contributed by atoms with Crippen LogP contribution in [0.2, 0.25) is 0 Å². The Morgan fingerprint density at radius 1 is 1.09 bits per heavy atom. The third-order valence-corrected chi connectivity index (χ3v) is 6.99. The van der Waals surface area contributed by atoms with Gasteiger partial charge in [-0.05, 0) is 41.8 Å². The molecule has 32 heavy (non-hydrogen) atoms. The molecule has 0 aliphatic carbocycles. The van der Waals surface area contributed by atoms with Gasteiger partial charge >= 0.3 is 0 Å². The number of nitrogens with zero attached hydrogens (tertiary/aromatic N) is 1. The molecule has 1 aliphatic heterocycles. The molecule has 1 aromatic heterocycles.